The molecule has 6 nitrogen and oxygen atoms in total. The number of para-hydroxylation sites is 1. The zero-order valence-electron chi connectivity index (χ0n) is 14.8. The largest absolute Gasteiger partial charge is 0.480 e. The van der Waals surface area contributed by atoms with Crippen LogP contribution in [0.4, 0.5) is 0 Å². The van der Waals surface area contributed by atoms with Crippen LogP contribution in [0.2, 0.25) is 0 Å². The number of carboxylic acids is 1. The van der Waals surface area contributed by atoms with E-state index in [1.807, 2.05) is 18.2 Å². The minimum Gasteiger partial charge on any atom is -0.480 e. The Morgan fingerprint density at radius 1 is 1.24 bits per heavy atom. The number of rotatable bonds is 4. The summed E-state index contributed by atoms with van der Waals surface area (Å²) in [6, 6.07) is 8.38. The van der Waals surface area contributed by atoms with Crippen LogP contribution in [0.1, 0.15) is 33.1 Å². The maximum Gasteiger partial charge on any atom is 0.326 e. The van der Waals surface area contributed by atoms with E-state index >= 15 is 0 Å². The van der Waals surface area contributed by atoms with E-state index in [0.717, 1.165) is 25.9 Å². The third kappa shape index (κ3) is 3.63. The molecule has 0 radical (unpaired) electrons. The van der Waals surface area contributed by atoms with Gasteiger partial charge in [0.15, 0.2) is 5.60 Å². The highest BCUT2D eigenvalue weighted by Crippen LogP contribution is 2.43. The quantitative estimate of drug-likeness (QED) is 0.870. The van der Waals surface area contributed by atoms with Gasteiger partial charge < -0.3 is 20.1 Å². The number of ether oxygens (including phenoxy) is 1. The fraction of sp³-hybridized carbons (Fsp3) is 0.579. The Morgan fingerprint density at radius 3 is 2.48 bits per heavy atom. The first-order valence-electron chi connectivity index (χ1n) is 8.82. The van der Waals surface area contributed by atoms with E-state index in [2.05, 4.69) is 5.32 Å². The van der Waals surface area contributed by atoms with Gasteiger partial charge in [-0.05, 0) is 63.7 Å². The van der Waals surface area contributed by atoms with Gasteiger partial charge in [-0.3, -0.25) is 4.79 Å². The molecule has 6 heteroatoms. The Morgan fingerprint density at radius 2 is 1.88 bits per heavy atom. The molecule has 3 rings (SSSR count). The zero-order valence-corrected chi connectivity index (χ0v) is 14.8. The molecule has 1 aromatic carbocycles. The molecule has 1 aromatic rings. The number of aliphatic carboxylic acids is 1. The maximum absolute atomic E-state index is 13.1. The number of amides is 1. The lowest BCUT2D eigenvalue weighted by molar-refractivity contribution is -0.155. The first-order chi connectivity index (χ1) is 11.8. The van der Waals surface area contributed by atoms with Gasteiger partial charge in [-0.1, -0.05) is 18.2 Å². The molecule has 2 N–H and O–H groups in total. The van der Waals surface area contributed by atoms with Gasteiger partial charge in [0.1, 0.15) is 11.8 Å². The summed E-state index contributed by atoms with van der Waals surface area (Å²) in [7, 11) is 0. The summed E-state index contributed by atoms with van der Waals surface area (Å²) >= 11 is 0. The van der Waals surface area contributed by atoms with Crippen molar-refractivity contribution in [1.29, 1.82) is 0 Å². The van der Waals surface area contributed by atoms with Crippen LogP contribution in [-0.4, -0.2) is 53.2 Å². The van der Waals surface area contributed by atoms with Crippen LogP contribution in [0.5, 0.6) is 5.75 Å². The van der Waals surface area contributed by atoms with E-state index in [0.29, 0.717) is 18.7 Å². The van der Waals surface area contributed by atoms with Gasteiger partial charge in [0.25, 0.3) is 5.91 Å². The first-order valence-corrected chi connectivity index (χ1v) is 8.82. The number of benzene rings is 1. The molecule has 1 amide bonds. The SMILES string of the molecule is CC(C)(Oc1ccccc1)C(=O)N1CC2(CCNCC2)C[C@H]1C(=O)O. The average Bonchev–Trinajstić information content (AvgIpc) is 2.94. The summed E-state index contributed by atoms with van der Waals surface area (Å²) in [6.45, 7) is 5.64. The topological polar surface area (TPSA) is 78.9 Å². The van der Waals surface area contributed by atoms with Crippen molar-refractivity contribution in [2.24, 2.45) is 5.41 Å². The van der Waals surface area contributed by atoms with Crippen molar-refractivity contribution in [3.05, 3.63) is 30.3 Å². The van der Waals surface area contributed by atoms with Crippen molar-refractivity contribution < 1.29 is 19.4 Å². The minimum absolute atomic E-state index is 0.0905. The molecule has 25 heavy (non-hydrogen) atoms. The average molecular weight is 346 g/mol. The van der Waals surface area contributed by atoms with E-state index in [1.165, 1.54) is 4.90 Å². The second-order valence-electron chi connectivity index (χ2n) is 7.67. The van der Waals surface area contributed by atoms with Gasteiger partial charge in [0.2, 0.25) is 0 Å². The van der Waals surface area contributed by atoms with Gasteiger partial charge in [-0.15, -0.1) is 0 Å². The van der Waals surface area contributed by atoms with Gasteiger partial charge >= 0.3 is 5.97 Å². The standard InChI is InChI=1S/C19H26N2O4/c1-18(2,25-14-6-4-3-5-7-14)17(24)21-13-19(8-10-20-11-9-19)12-15(21)16(22)23/h3-7,15,20H,8-13H2,1-2H3,(H,22,23)/t15-/m0/s1. The number of carbonyl (C=O) groups is 2. The fourth-order valence-corrected chi connectivity index (χ4v) is 3.98. The molecule has 0 aromatic heterocycles. The Balaban J connectivity index is 1.79. The molecule has 0 saturated carbocycles. The van der Waals surface area contributed by atoms with Crippen molar-refractivity contribution in [2.45, 2.75) is 44.8 Å². The normalized spacial score (nSPS) is 22.8. The van der Waals surface area contributed by atoms with Crippen LogP contribution in [0.3, 0.4) is 0 Å². The Bertz CT molecular complexity index is 638. The summed E-state index contributed by atoms with van der Waals surface area (Å²) in [5.74, 6) is -0.595. The lowest BCUT2D eigenvalue weighted by Gasteiger charge is -2.35. The Kier molecular flexibility index (Phi) is 4.73. The number of carbonyl (C=O) groups excluding carboxylic acids is 1. The van der Waals surface area contributed by atoms with Crippen LogP contribution < -0.4 is 10.1 Å². The van der Waals surface area contributed by atoms with Crippen LogP contribution in [0, 0.1) is 5.41 Å². The van der Waals surface area contributed by atoms with Crippen molar-refractivity contribution in [3.8, 4) is 5.75 Å². The molecule has 2 aliphatic rings. The molecule has 0 bridgehead atoms. The highest BCUT2D eigenvalue weighted by molar-refractivity contribution is 5.89. The summed E-state index contributed by atoms with van der Waals surface area (Å²) < 4.78 is 5.88. The van der Waals surface area contributed by atoms with Crippen LogP contribution in [0.15, 0.2) is 30.3 Å². The molecule has 0 unspecified atom stereocenters. The second kappa shape index (κ2) is 6.67. The molecule has 2 saturated heterocycles. The highest BCUT2D eigenvalue weighted by Gasteiger charge is 2.51. The Hall–Kier alpha value is -2.08. The summed E-state index contributed by atoms with van der Waals surface area (Å²) in [5.41, 5.74) is -1.21. The Labute approximate surface area is 148 Å². The number of nitrogens with one attached hydrogen (secondary N) is 1. The zero-order chi connectivity index (χ0) is 18.1. The molecule has 0 aliphatic carbocycles. The van der Waals surface area contributed by atoms with Gasteiger partial charge in [-0.2, -0.15) is 0 Å². The number of carboxylic acid groups (broad SMARTS) is 1. The third-order valence-corrected chi connectivity index (χ3v) is 5.35. The fourth-order valence-electron chi connectivity index (χ4n) is 3.98. The number of nitrogens with zero attached hydrogens (tertiary/aromatic N) is 1. The van der Waals surface area contributed by atoms with Crippen LogP contribution in [0.25, 0.3) is 0 Å². The maximum atomic E-state index is 13.1. The van der Waals surface area contributed by atoms with Crippen LogP contribution in [-0.2, 0) is 9.59 Å². The summed E-state index contributed by atoms with van der Waals surface area (Å²) in [4.78, 5) is 26.4. The van der Waals surface area contributed by atoms with Crippen LogP contribution >= 0.6 is 0 Å². The molecule has 1 atom stereocenters. The number of piperidine rings is 1. The molecule has 2 aliphatic heterocycles. The lowest BCUT2D eigenvalue weighted by atomic mass is 9.77. The number of likely N-dealkylation sites (tertiary alicyclic amines) is 1. The molecular formula is C19H26N2O4. The molecule has 136 valence electrons. The van der Waals surface area contributed by atoms with Crippen molar-refractivity contribution in [2.75, 3.05) is 19.6 Å². The third-order valence-electron chi connectivity index (χ3n) is 5.35. The van der Waals surface area contributed by atoms with E-state index in [9.17, 15) is 14.7 Å². The molecule has 2 heterocycles. The van der Waals surface area contributed by atoms with E-state index in [4.69, 9.17) is 4.74 Å². The minimum atomic E-state index is -1.12. The van der Waals surface area contributed by atoms with Gasteiger partial charge in [0, 0.05) is 6.54 Å². The molecular weight excluding hydrogens is 320 g/mol. The monoisotopic (exact) mass is 346 g/mol. The second-order valence-corrected chi connectivity index (χ2v) is 7.67. The van der Waals surface area contributed by atoms with Crippen molar-refractivity contribution >= 4 is 11.9 Å². The predicted molar refractivity (Wildman–Crippen MR) is 93.4 cm³/mol. The smallest absolute Gasteiger partial charge is 0.326 e. The molecule has 2 fully saturated rings. The van der Waals surface area contributed by atoms with E-state index in [-0.39, 0.29) is 11.3 Å². The summed E-state index contributed by atoms with van der Waals surface area (Å²) in [5, 5.41) is 13.0. The lowest BCUT2D eigenvalue weighted by Crippen LogP contribution is -2.52. The first kappa shape index (κ1) is 17.7. The van der Waals surface area contributed by atoms with Gasteiger partial charge in [-0.25, -0.2) is 4.79 Å². The molecule has 1 spiro atoms. The van der Waals surface area contributed by atoms with E-state index < -0.39 is 17.6 Å². The van der Waals surface area contributed by atoms with E-state index in [1.54, 1.807) is 26.0 Å². The van der Waals surface area contributed by atoms with Gasteiger partial charge in [0.05, 0.1) is 0 Å². The number of hydrogen-bond acceptors (Lipinski definition) is 4. The highest BCUT2D eigenvalue weighted by atomic mass is 16.5. The van der Waals surface area contributed by atoms with Crippen molar-refractivity contribution in [1.82, 2.24) is 10.2 Å². The van der Waals surface area contributed by atoms with Crippen molar-refractivity contribution in [3.63, 3.8) is 0 Å². The number of hydrogen-bond donors (Lipinski definition) is 2. The summed E-state index contributed by atoms with van der Waals surface area (Å²) in [6.07, 6.45) is 2.33. The predicted octanol–water partition coefficient (Wildman–Crippen LogP) is 1.90.